The van der Waals surface area contributed by atoms with E-state index in [4.69, 9.17) is 9.47 Å². The fraction of sp³-hybridized carbons (Fsp3) is 0.522. The second-order valence-corrected chi connectivity index (χ2v) is 9.68. The molecule has 4 aliphatic rings. The Morgan fingerprint density at radius 2 is 2.28 bits per heavy atom. The number of fused-ring (bicyclic) bond motifs is 1. The van der Waals surface area contributed by atoms with Crippen LogP contribution < -0.4 is 10.6 Å². The van der Waals surface area contributed by atoms with Crippen LogP contribution >= 0.6 is 0 Å². The number of carbonyl (C=O) groups excluding carboxylic acids is 1. The van der Waals surface area contributed by atoms with Gasteiger partial charge >= 0.3 is 6.09 Å². The van der Waals surface area contributed by atoms with Crippen LogP contribution in [0.4, 0.5) is 21.0 Å². The average Bonchev–Trinajstić information content (AvgIpc) is 3.55. The number of anilines is 2. The molecule has 12 nitrogen and oxygen atoms in total. The normalized spacial score (nSPS) is 28.2. The van der Waals surface area contributed by atoms with Gasteiger partial charge in [-0.25, -0.2) is 19.2 Å². The molecule has 13 heteroatoms. The first-order valence-electron chi connectivity index (χ1n) is 11.9. The van der Waals surface area contributed by atoms with E-state index >= 15 is 4.39 Å². The van der Waals surface area contributed by atoms with Crippen molar-refractivity contribution in [3.8, 4) is 6.07 Å². The van der Waals surface area contributed by atoms with Crippen molar-refractivity contribution >= 4 is 23.5 Å². The number of nitriles is 1. The molecule has 7 rings (SSSR count). The summed E-state index contributed by atoms with van der Waals surface area (Å²) in [4.78, 5) is 21.0. The molecule has 4 heterocycles. The summed E-state index contributed by atoms with van der Waals surface area (Å²) in [6.07, 6.45) is 2.83. The first-order valence-corrected chi connectivity index (χ1v) is 11.9. The molecule has 36 heavy (non-hydrogen) atoms. The van der Waals surface area contributed by atoms with Gasteiger partial charge in [-0.1, -0.05) is 0 Å². The van der Waals surface area contributed by atoms with Gasteiger partial charge in [0.1, 0.15) is 17.7 Å². The number of alkyl halides is 1. The van der Waals surface area contributed by atoms with Crippen molar-refractivity contribution in [1.82, 2.24) is 29.9 Å². The molecule has 4 N–H and O–H groups in total. The number of ether oxygens (including phenoxy) is 2. The van der Waals surface area contributed by atoms with E-state index in [1.54, 1.807) is 22.9 Å². The van der Waals surface area contributed by atoms with Crippen LogP contribution in [0, 0.1) is 17.2 Å². The summed E-state index contributed by atoms with van der Waals surface area (Å²) in [5.41, 5.74) is 1.51. The molecule has 0 spiro atoms. The van der Waals surface area contributed by atoms with Crippen molar-refractivity contribution in [3.63, 3.8) is 0 Å². The van der Waals surface area contributed by atoms with E-state index in [2.05, 4.69) is 36.9 Å². The highest BCUT2D eigenvalue weighted by atomic mass is 19.1. The zero-order chi connectivity index (χ0) is 24.9. The summed E-state index contributed by atoms with van der Waals surface area (Å²) < 4.78 is 27.6. The number of halogens is 1. The number of H-pyrrole nitrogens is 1. The molecule has 2 bridgehead atoms. The Balaban J connectivity index is 1.15. The number of imidazole rings is 1. The number of hydrogen-bond donors (Lipinski definition) is 4. The van der Waals surface area contributed by atoms with Crippen LogP contribution in [0.3, 0.4) is 0 Å². The summed E-state index contributed by atoms with van der Waals surface area (Å²) in [5, 5.41) is 31.7. The third-order valence-electron chi connectivity index (χ3n) is 7.20. The summed E-state index contributed by atoms with van der Waals surface area (Å²) in [6.45, 7) is -0.0884. The molecule has 0 aromatic carbocycles. The van der Waals surface area contributed by atoms with E-state index in [1.807, 2.05) is 0 Å². The number of aliphatic hydroxyl groups is 1. The second kappa shape index (κ2) is 8.72. The number of aliphatic hydroxyl groups excluding tert-OH is 1. The second-order valence-electron chi connectivity index (χ2n) is 9.68. The lowest BCUT2D eigenvalue weighted by Crippen LogP contribution is -2.68. The molecule has 3 saturated carbocycles. The fourth-order valence-electron chi connectivity index (χ4n) is 5.27. The quantitative estimate of drug-likeness (QED) is 0.365. The molecule has 0 unspecified atom stereocenters. The summed E-state index contributed by atoms with van der Waals surface area (Å²) >= 11 is 0. The van der Waals surface area contributed by atoms with Crippen molar-refractivity contribution in [2.45, 2.75) is 56.0 Å². The Labute approximate surface area is 204 Å². The standard InChI is InChI=1S/C23H25FN8O4/c24-18-16(36-22(34)29-23-7-12(8-23)9-23)11-35-19(18)15-6-17(31-30-15)28-21-27-14(2-1-5-33)13(10-25)20-26-3-4-32(20)21/h3-4,6,12,16,18-19,33H,1-2,5,7-9,11H2,(H,29,34)(H2,27,28,30,31)/t12?,16-,18+,19-,23?/m1/s1. The molecule has 188 valence electrons. The SMILES string of the molecule is N#Cc1c(CCCO)nc(Nc2cc([C@H]3OC[C@@H](OC(=O)NC45CC(C4)C5)[C@@H]3F)[nH]n2)n2ccnc12. The van der Waals surface area contributed by atoms with Crippen LogP contribution in [0.25, 0.3) is 5.65 Å². The highest BCUT2D eigenvalue weighted by Gasteiger charge is 2.58. The predicted octanol–water partition coefficient (Wildman–Crippen LogP) is 2.05. The largest absolute Gasteiger partial charge is 0.441 e. The monoisotopic (exact) mass is 496 g/mol. The van der Waals surface area contributed by atoms with Crippen LogP contribution in [0.2, 0.25) is 0 Å². The van der Waals surface area contributed by atoms with E-state index in [0.717, 1.165) is 19.3 Å². The van der Waals surface area contributed by atoms with Gasteiger partial charge in [-0.15, -0.1) is 0 Å². The molecule has 0 radical (unpaired) electrons. The predicted molar refractivity (Wildman–Crippen MR) is 122 cm³/mol. The van der Waals surface area contributed by atoms with Gasteiger partial charge in [0.15, 0.2) is 23.7 Å². The van der Waals surface area contributed by atoms with Gasteiger partial charge in [-0.2, -0.15) is 10.4 Å². The highest BCUT2D eigenvalue weighted by Crippen LogP contribution is 2.57. The maximum absolute atomic E-state index is 15.1. The minimum Gasteiger partial charge on any atom is -0.441 e. The van der Waals surface area contributed by atoms with Gasteiger partial charge < -0.3 is 25.2 Å². The first-order chi connectivity index (χ1) is 17.5. The molecule has 1 amide bonds. The smallest absolute Gasteiger partial charge is 0.408 e. The van der Waals surface area contributed by atoms with Gasteiger partial charge in [-0.05, 0) is 38.0 Å². The number of alkyl carbamates (subject to hydrolysis) is 1. The van der Waals surface area contributed by atoms with Gasteiger partial charge in [-0.3, -0.25) is 9.50 Å². The van der Waals surface area contributed by atoms with Crippen molar-refractivity contribution in [2.24, 2.45) is 5.92 Å². The van der Waals surface area contributed by atoms with Gasteiger partial charge in [0.25, 0.3) is 0 Å². The Morgan fingerprint density at radius 1 is 1.44 bits per heavy atom. The van der Waals surface area contributed by atoms with E-state index in [-0.39, 0.29) is 18.8 Å². The number of aromatic amines is 1. The molecule has 3 aliphatic carbocycles. The van der Waals surface area contributed by atoms with Crippen LogP contribution in [0.1, 0.15) is 48.7 Å². The number of nitrogens with one attached hydrogen (secondary N) is 3. The van der Waals surface area contributed by atoms with Gasteiger partial charge in [0.05, 0.1) is 18.0 Å². The third kappa shape index (κ3) is 3.82. The number of rotatable bonds is 8. The van der Waals surface area contributed by atoms with Gasteiger partial charge in [0.2, 0.25) is 5.95 Å². The van der Waals surface area contributed by atoms with Crippen LogP contribution in [0.15, 0.2) is 18.5 Å². The molecule has 1 aliphatic heterocycles. The Kier molecular flexibility index (Phi) is 5.50. The van der Waals surface area contributed by atoms with E-state index in [1.165, 1.54) is 0 Å². The maximum Gasteiger partial charge on any atom is 0.408 e. The van der Waals surface area contributed by atoms with Crippen LogP contribution in [-0.2, 0) is 15.9 Å². The third-order valence-corrected chi connectivity index (χ3v) is 7.20. The van der Waals surface area contributed by atoms with Crippen molar-refractivity contribution in [3.05, 3.63) is 35.4 Å². The molecule has 3 atom stereocenters. The zero-order valence-corrected chi connectivity index (χ0v) is 19.3. The lowest BCUT2D eigenvalue weighted by Gasteiger charge is -2.61. The Bertz CT molecular complexity index is 1330. The van der Waals surface area contributed by atoms with Crippen LogP contribution in [-0.4, -0.2) is 66.8 Å². The first kappa shape index (κ1) is 22.7. The highest BCUT2D eigenvalue weighted by molar-refractivity contribution is 5.69. The lowest BCUT2D eigenvalue weighted by atomic mass is 9.50. The number of aromatic nitrogens is 5. The van der Waals surface area contributed by atoms with Crippen LogP contribution in [0.5, 0.6) is 0 Å². The summed E-state index contributed by atoms with van der Waals surface area (Å²) in [7, 11) is 0. The van der Waals surface area contributed by atoms with E-state index < -0.39 is 24.5 Å². The number of aryl methyl sites for hydroxylation is 1. The molecular weight excluding hydrogens is 471 g/mol. The fourth-order valence-corrected chi connectivity index (χ4v) is 5.27. The van der Waals surface area contributed by atoms with Crippen molar-refractivity contribution in [2.75, 3.05) is 18.5 Å². The minimum atomic E-state index is -1.56. The average molecular weight is 497 g/mol. The number of hydrogen-bond acceptors (Lipinski definition) is 9. The number of carbonyl (C=O) groups is 1. The topological polar surface area (TPSA) is 162 Å². The maximum atomic E-state index is 15.1. The summed E-state index contributed by atoms with van der Waals surface area (Å²) in [5.74, 6) is 1.42. The van der Waals surface area contributed by atoms with Crippen molar-refractivity contribution in [1.29, 1.82) is 5.26 Å². The number of nitrogens with zero attached hydrogens (tertiary/aromatic N) is 5. The Morgan fingerprint density at radius 3 is 3.00 bits per heavy atom. The van der Waals surface area contributed by atoms with E-state index in [9.17, 15) is 15.2 Å². The van der Waals surface area contributed by atoms with Crippen molar-refractivity contribution < 1.29 is 23.8 Å². The van der Waals surface area contributed by atoms with E-state index in [0.29, 0.717) is 53.1 Å². The molecular formula is C23H25FN8O4. The molecule has 1 saturated heterocycles. The zero-order valence-electron chi connectivity index (χ0n) is 19.3. The van der Waals surface area contributed by atoms with Gasteiger partial charge in [0, 0.05) is 30.6 Å². The molecule has 4 fully saturated rings. The summed E-state index contributed by atoms with van der Waals surface area (Å²) in [6, 6.07) is 3.73. The lowest BCUT2D eigenvalue weighted by molar-refractivity contribution is -0.0528. The molecule has 3 aromatic heterocycles. The molecule has 3 aromatic rings. The number of amides is 1. The minimum absolute atomic E-state index is 0.0306. The Hall–Kier alpha value is -3.76.